The van der Waals surface area contributed by atoms with Crippen LogP contribution < -0.4 is 4.90 Å². The molecule has 3 aromatic carbocycles. The van der Waals surface area contributed by atoms with E-state index in [1.807, 2.05) is 55.5 Å². The smallest absolute Gasteiger partial charge is 0.274 e. The fourth-order valence-corrected chi connectivity index (χ4v) is 4.66. The van der Waals surface area contributed by atoms with Crippen molar-refractivity contribution in [3.63, 3.8) is 0 Å². The number of hydrogen-bond acceptors (Lipinski definition) is 2. The maximum Gasteiger partial charge on any atom is 0.274 e. The Bertz CT molecular complexity index is 1340. The molecule has 0 fully saturated rings. The van der Waals surface area contributed by atoms with E-state index in [-0.39, 0.29) is 17.6 Å². The monoisotopic (exact) mass is 416 g/mol. The summed E-state index contributed by atoms with van der Waals surface area (Å²) < 4.78 is 0. The number of nitrogens with one attached hydrogen (secondary N) is 1. The van der Waals surface area contributed by atoms with Crippen LogP contribution in [0.2, 0.25) is 0 Å². The Morgan fingerprint density at radius 3 is 2.70 bits per heavy atom. The van der Waals surface area contributed by atoms with Crippen LogP contribution >= 0.6 is 11.6 Å². The highest BCUT2D eigenvalue weighted by Crippen LogP contribution is 2.45. The molecule has 2 heterocycles. The summed E-state index contributed by atoms with van der Waals surface area (Å²) >= 11 is 6.29. The van der Waals surface area contributed by atoms with Crippen LogP contribution in [0.3, 0.4) is 0 Å². The number of nitrogens with zero attached hydrogens (tertiary/aromatic N) is 1. The van der Waals surface area contributed by atoms with Crippen molar-refractivity contribution in [3.8, 4) is 5.75 Å². The van der Waals surface area contributed by atoms with Crippen LogP contribution in [0.1, 0.15) is 34.5 Å². The zero-order chi connectivity index (χ0) is 21.0. The van der Waals surface area contributed by atoms with E-state index in [2.05, 4.69) is 11.6 Å². The zero-order valence-corrected chi connectivity index (χ0v) is 17.3. The van der Waals surface area contributed by atoms with Crippen molar-refractivity contribution in [1.29, 1.82) is 0 Å². The first kappa shape index (κ1) is 18.8. The lowest BCUT2D eigenvalue weighted by molar-refractivity contribution is 0.0984. The lowest BCUT2D eigenvalue weighted by Crippen LogP contribution is -2.30. The molecular weight excluding hydrogens is 396 g/mol. The van der Waals surface area contributed by atoms with E-state index in [0.29, 0.717) is 18.1 Å². The molecule has 1 aliphatic rings. The highest BCUT2D eigenvalue weighted by Gasteiger charge is 2.35. The summed E-state index contributed by atoms with van der Waals surface area (Å²) in [4.78, 5) is 18.4. The van der Waals surface area contributed by atoms with Gasteiger partial charge in [0.05, 0.1) is 5.69 Å². The molecule has 0 bridgehead atoms. The predicted octanol–water partition coefficient (Wildman–Crippen LogP) is 6.04. The molecule has 0 aliphatic carbocycles. The molecule has 0 radical (unpaired) electrons. The standard InChI is InChI=1S/C25H21ClN2O2/c1-14(2)15-7-8-20-16(9-15)10-21(27-20)25(30)28-13-17(12-26)24-19-6-4-3-5-18(19)23(29)11-22(24)28/h3-11,17,27,29H,1,12-13H2,2H3/t17-/m1/s1. The maximum absolute atomic E-state index is 13.5. The van der Waals surface area contributed by atoms with Crippen LogP contribution in [0.4, 0.5) is 5.69 Å². The Hall–Kier alpha value is -3.24. The molecular formula is C25H21ClN2O2. The molecule has 0 spiro atoms. The SMILES string of the molecule is C=C(C)c1ccc2[nH]c(C(=O)N3C[C@@H](CCl)c4c3cc(O)c3ccccc43)cc2c1. The second kappa shape index (κ2) is 6.92. The number of rotatable bonds is 3. The number of phenolic OH excluding ortho intramolecular Hbond substituents is 1. The fourth-order valence-electron chi connectivity index (χ4n) is 4.40. The van der Waals surface area contributed by atoms with Gasteiger partial charge >= 0.3 is 0 Å². The third kappa shape index (κ3) is 2.79. The number of alkyl halides is 1. The summed E-state index contributed by atoms with van der Waals surface area (Å²) in [6, 6.07) is 17.2. The quantitative estimate of drug-likeness (QED) is 0.400. The average Bonchev–Trinajstić information content (AvgIpc) is 3.34. The Kier molecular flexibility index (Phi) is 4.33. The number of aromatic nitrogens is 1. The molecule has 150 valence electrons. The van der Waals surface area contributed by atoms with Crippen molar-refractivity contribution in [2.45, 2.75) is 12.8 Å². The lowest BCUT2D eigenvalue weighted by Gasteiger charge is -2.17. The van der Waals surface area contributed by atoms with Crippen molar-refractivity contribution in [3.05, 3.63) is 78.0 Å². The Morgan fingerprint density at radius 1 is 1.20 bits per heavy atom. The number of hydrogen-bond donors (Lipinski definition) is 2. The summed E-state index contributed by atoms with van der Waals surface area (Å²) in [6.07, 6.45) is 0. The van der Waals surface area contributed by atoms with E-state index in [1.165, 1.54) is 0 Å². The first-order chi connectivity index (χ1) is 14.5. The van der Waals surface area contributed by atoms with Gasteiger partial charge in [-0.3, -0.25) is 4.79 Å². The first-order valence-electron chi connectivity index (χ1n) is 9.89. The largest absolute Gasteiger partial charge is 0.507 e. The van der Waals surface area contributed by atoms with Gasteiger partial charge in [-0.25, -0.2) is 0 Å². The number of halogens is 1. The maximum atomic E-state index is 13.5. The number of phenols is 1. The number of anilines is 1. The van der Waals surface area contributed by atoms with Gasteiger partial charge in [-0.1, -0.05) is 42.5 Å². The minimum atomic E-state index is -0.133. The predicted molar refractivity (Wildman–Crippen MR) is 124 cm³/mol. The Morgan fingerprint density at radius 2 is 1.97 bits per heavy atom. The number of amides is 1. The normalized spacial score (nSPS) is 15.7. The molecule has 2 N–H and O–H groups in total. The molecule has 0 saturated carbocycles. The van der Waals surface area contributed by atoms with Crippen LogP contribution in [0.5, 0.6) is 5.75 Å². The van der Waals surface area contributed by atoms with Crippen molar-refractivity contribution in [2.75, 3.05) is 17.3 Å². The molecule has 1 aromatic heterocycles. The van der Waals surface area contributed by atoms with Gasteiger partial charge < -0.3 is 15.0 Å². The summed E-state index contributed by atoms with van der Waals surface area (Å²) in [5.74, 6) is 0.447. The van der Waals surface area contributed by atoms with Gasteiger partial charge in [0.15, 0.2) is 0 Å². The number of carbonyl (C=O) groups excluding carboxylic acids is 1. The van der Waals surface area contributed by atoms with Crippen molar-refractivity contribution in [2.24, 2.45) is 0 Å². The summed E-state index contributed by atoms with van der Waals surface area (Å²) in [5.41, 5.74) is 5.18. The van der Waals surface area contributed by atoms with Gasteiger partial charge in [0.25, 0.3) is 5.91 Å². The highest BCUT2D eigenvalue weighted by molar-refractivity contribution is 6.19. The zero-order valence-electron chi connectivity index (χ0n) is 16.6. The van der Waals surface area contributed by atoms with Crippen molar-refractivity contribution < 1.29 is 9.90 Å². The topological polar surface area (TPSA) is 56.3 Å². The van der Waals surface area contributed by atoms with Crippen LogP contribution in [-0.4, -0.2) is 28.4 Å². The Balaban J connectivity index is 1.61. The minimum absolute atomic E-state index is 0.00973. The van der Waals surface area contributed by atoms with Crippen molar-refractivity contribution >= 4 is 50.4 Å². The second-order valence-electron chi connectivity index (χ2n) is 7.91. The van der Waals surface area contributed by atoms with Gasteiger partial charge in [0.2, 0.25) is 0 Å². The van der Waals surface area contributed by atoms with Gasteiger partial charge in [0, 0.05) is 40.7 Å². The van der Waals surface area contributed by atoms with Crippen LogP contribution in [-0.2, 0) is 0 Å². The number of fused-ring (bicyclic) bond motifs is 4. The van der Waals surface area contributed by atoms with Crippen LogP contribution in [0.25, 0.3) is 27.2 Å². The van der Waals surface area contributed by atoms with E-state index in [0.717, 1.165) is 44.1 Å². The van der Waals surface area contributed by atoms with Gasteiger partial charge in [-0.05, 0) is 41.6 Å². The molecule has 5 heteroatoms. The molecule has 0 saturated heterocycles. The van der Waals surface area contributed by atoms with Gasteiger partial charge in [-0.15, -0.1) is 11.6 Å². The first-order valence-corrected chi connectivity index (χ1v) is 10.4. The minimum Gasteiger partial charge on any atom is -0.507 e. The van der Waals surface area contributed by atoms with E-state index in [4.69, 9.17) is 11.6 Å². The van der Waals surface area contributed by atoms with Gasteiger partial charge in [0.1, 0.15) is 11.4 Å². The molecule has 1 amide bonds. The average molecular weight is 417 g/mol. The third-order valence-corrected chi connectivity index (χ3v) is 6.29. The summed E-state index contributed by atoms with van der Waals surface area (Å²) in [7, 11) is 0. The molecule has 5 rings (SSSR count). The van der Waals surface area contributed by atoms with E-state index >= 15 is 0 Å². The van der Waals surface area contributed by atoms with Crippen LogP contribution in [0.15, 0.2) is 61.2 Å². The second-order valence-corrected chi connectivity index (χ2v) is 8.22. The van der Waals surface area contributed by atoms with E-state index < -0.39 is 0 Å². The fraction of sp³-hybridized carbons (Fsp3) is 0.160. The summed E-state index contributed by atoms with van der Waals surface area (Å²) in [5, 5.41) is 13.3. The van der Waals surface area contributed by atoms with E-state index in [9.17, 15) is 9.90 Å². The lowest BCUT2D eigenvalue weighted by atomic mass is 9.95. The number of aromatic amines is 1. The summed E-state index contributed by atoms with van der Waals surface area (Å²) in [6.45, 7) is 6.44. The van der Waals surface area contributed by atoms with Crippen molar-refractivity contribution in [1.82, 2.24) is 4.98 Å². The number of aromatic hydroxyl groups is 1. The van der Waals surface area contributed by atoms with E-state index in [1.54, 1.807) is 11.0 Å². The third-order valence-electron chi connectivity index (χ3n) is 5.92. The number of allylic oxidation sites excluding steroid dienone is 1. The number of benzene rings is 3. The molecule has 30 heavy (non-hydrogen) atoms. The molecule has 1 aliphatic heterocycles. The van der Waals surface area contributed by atoms with Crippen LogP contribution in [0, 0.1) is 0 Å². The number of H-pyrrole nitrogens is 1. The van der Waals surface area contributed by atoms with Gasteiger partial charge in [-0.2, -0.15) is 0 Å². The Labute approximate surface area is 179 Å². The number of carbonyl (C=O) groups is 1. The highest BCUT2D eigenvalue weighted by atomic mass is 35.5. The molecule has 1 atom stereocenters. The molecule has 4 aromatic rings. The molecule has 0 unspecified atom stereocenters. The molecule has 4 nitrogen and oxygen atoms in total.